The van der Waals surface area contributed by atoms with E-state index in [-0.39, 0.29) is 40.3 Å². The number of hydrogen-bond donors (Lipinski definition) is 3. The molecule has 3 aromatic carbocycles. The third kappa shape index (κ3) is 4.56. The van der Waals surface area contributed by atoms with Crippen molar-refractivity contribution in [3.05, 3.63) is 82.4 Å². The van der Waals surface area contributed by atoms with Gasteiger partial charge >= 0.3 is 10.4 Å². The van der Waals surface area contributed by atoms with Gasteiger partial charge in [-0.2, -0.15) is 8.42 Å². The Kier molecular flexibility index (Phi) is 5.80. The van der Waals surface area contributed by atoms with Gasteiger partial charge in [-0.3, -0.25) is 14.1 Å². The Balaban J connectivity index is 1.39. The molecule has 1 heterocycles. The SMILES string of the molecule is Nc1c(Oc2cccc(C[N+]3(CCOS(=O)(=O)O)CC3)c2)cc(O)c2c1C(=O)c1ccccc1C2=O. The van der Waals surface area contributed by atoms with E-state index in [9.17, 15) is 23.1 Å². The average Bonchev–Trinajstić information content (AvgIpc) is 3.58. The van der Waals surface area contributed by atoms with Gasteiger partial charge in [-0.15, -0.1) is 0 Å². The fourth-order valence-corrected chi connectivity index (χ4v) is 4.80. The van der Waals surface area contributed by atoms with Crippen molar-refractivity contribution in [2.75, 3.05) is 32.0 Å². The molecule has 4 N–H and O–H groups in total. The number of aromatic hydroxyl groups is 1. The number of phenolic OH excluding ortho intramolecular Hbond substituents is 1. The Hall–Kier alpha value is -3.77. The van der Waals surface area contributed by atoms with Crippen LogP contribution < -0.4 is 10.5 Å². The fourth-order valence-electron chi connectivity index (χ4n) is 4.52. The van der Waals surface area contributed by atoms with E-state index >= 15 is 0 Å². The summed E-state index contributed by atoms with van der Waals surface area (Å²) in [5, 5.41) is 10.6. The first-order valence-corrected chi connectivity index (χ1v) is 12.5. The topological polar surface area (TPSA) is 153 Å². The number of hydrogen-bond acceptors (Lipinski definition) is 8. The van der Waals surface area contributed by atoms with Gasteiger partial charge in [-0.1, -0.05) is 36.4 Å². The first-order valence-electron chi connectivity index (χ1n) is 11.1. The molecule has 1 saturated heterocycles. The molecule has 0 bridgehead atoms. The summed E-state index contributed by atoms with van der Waals surface area (Å²) < 4.78 is 41.3. The molecule has 0 aromatic heterocycles. The summed E-state index contributed by atoms with van der Waals surface area (Å²) in [4.78, 5) is 26.1. The zero-order valence-corrected chi connectivity index (χ0v) is 19.8. The molecule has 186 valence electrons. The van der Waals surface area contributed by atoms with Gasteiger partial charge in [0.05, 0.1) is 16.8 Å². The Morgan fingerprint density at radius 3 is 2.25 bits per heavy atom. The number of nitrogen functional groups attached to an aromatic ring is 1. The number of phenols is 1. The smallest absolute Gasteiger partial charge is 0.397 e. The van der Waals surface area contributed by atoms with E-state index in [4.69, 9.17) is 15.0 Å². The van der Waals surface area contributed by atoms with E-state index in [0.29, 0.717) is 23.3 Å². The van der Waals surface area contributed by atoms with Crippen molar-refractivity contribution < 1.29 is 41.1 Å². The van der Waals surface area contributed by atoms with Crippen LogP contribution >= 0.6 is 0 Å². The standard InChI is InChI=1S/C25H22N2O8S/c26-23-20(13-19(28)21-22(23)25(30)18-7-2-1-6-17(18)24(21)29)35-16-5-3-4-15(12-16)14-27(8-9-27)10-11-34-36(31,32)33/h1-7,12-13H,8-11,14H2,(H3-,26,28,29,30,31,32,33)/p+1. The molecule has 0 unspecified atom stereocenters. The second-order valence-electron chi connectivity index (χ2n) is 8.93. The van der Waals surface area contributed by atoms with Gasteiger partial charge in [-0.05, 0) is 12.1 Å². The number of fused-ring (bicyclic) bond motifs is 2. The van der Waals surface area contributed by atoms with Crippen LogP contribution in [0.5, 0.6) is 17.2 Å². The lowest BCUT2D eigenvalue weighted by Gasteiger charge is -2.22. The highest BCUT2D eigenvalue weighted by molar-refractivity contribution is 7.80. The fraction of sp³-hybridized carbons (Fsp3) is 0.200. The number of carbonyl (C=O) groups excluding carboxylic acids is 2. The van der Waals surface area contributed by atoms with Crippen molar-refractivity contribution in [3.63, 3.8) is 0 Å². The number of benzene rings is 3. The number of anilines is 1. The summed E-state index contributed by atoms with van der Waals surface area (Å²) in [7, 11) is -4.48. The monoisotopic (exact) mass is 511 g/mol. The third-order valence-electron chi connectivity index (χ3n) is 6.48. The predicted octanol–water partition coefficient (Wildman–Crippen LogP) is 2.69. The van der Waals surface area contributed by atoms with Crippen LogP contribution in [0.25, 0.3) is 0 Å². The number of quaternary nitrogens is 1. The lowest BCUT2D eigenvalue weighted by atomic mass is 9.82. The van der Waals surface area contributed by atoms with E-state index < -0.39 is 27.7 Å². The highest BCUT2D eigenvalue weighted by Gasteiger charge is 2.42. The zero-order chi connectivity index (χ0) is 25.7. The largest absolute Gasteiger partial charge is 0.507 e. The van der Waals surface area contributed by atoms with Crippen molar-refractivity contribution in [3.8, 4) is 17.2 Å². The Morgan fingerprint density at radius 1 is 0.944 bits per heavy atom. The van der Waals surface area contributed by atoms with Crippen LogP contribution in [-0.4, -0.2) is 60.4 Å². The first-order chi connectivity index (χ1) is 17.1. The Labute approximate surface area is 207 Å². The van der Waals surface area contributed by atoms with E-state index in [1.54, 1.807) is 36.4 Å². The van der Waals surface area contributed by atoms with E-state index in [0.717, 1.165) is 18.7 Å². The maximum Gasteiger partial charge on any atom is 0.397 e. The van der Waals surface area contributed by atoms with Gasteiger partial charge < -0.3 is 20.1 Å². The second-order valence-corrected chi connectivity index (χ2v) is 10.0. The molecule has 1 fully saturated rings. The van der Waals surface area contributed by atoms with Gasteiger partial charge in [0, 0.05) is 22.8 Å². The number of rotatable bonds is 8. The third-order valence-corrected chi connectivity index (χ3v) is 6.94. The van der Waals surface area contributed by atoms with Gasteiger partial charge in [0.2, 0.25) is 0 Å². The van der Waals surface area contributed by atoms with Gasteiger partial charge in [-0.25, -0.2) is 4.18 Å². The second kappa shape index (κ2) is 8.71. The average molecular weight is 512 g/mol. The minimum atomic E-state index is -4.48. The maximum atomic E-state index is 13.1. The lowest BCUT2D eigenvalue weighted by Crippen LogP contribution is -2.30. The molecule has 1 aliphatic carbocycles. The number of ether oxygens (including phenoxy) is 1. The number of nitrogens with zero attached hydrogens (tertiary/aromatic N) is 1. The predicted molar refractivity (Wildman–Crippen MR) is 128 cm³/mol. The van der Waals surface area contributed by atoms with Crippen molar-refractivity contribution >= 4 is 27.7 Å². The van der Waals surface area contributed by atoms with Crippen LogP contribution in [0.1, 0.15) is 37.4 Å². The van der Waals surface area contributed by atoms with Crippen molar-refractivity contribution in [2.24, 2.45) is 0 Å². The minimum absolute atomic E-state index is 0.0427. The molecule has 0 radical (unpaired) electrons. The van der Waals surface area contributed by atoms with E-state index in [1.807, 2.05) is 6.07 Å². The van der Waals surface area contributed by atoms with E-state index in [1.165, 1.54) is 12.1 Å². The summed E-state index contributed by atoms with van der Waals surface area (Å²) in [6.45, 7) is 2.54. The van der Waals surface area contributed by atoms with Crippen LogP contribution in [0.15, 0.2) is 54.6 Å². The van der Waals surface area contributed by atoms with Gasteiger partial charge in [0.1, 0.15) is 44.3 Å². The Bertz CT molecular complexity index is 1510. The summed E-state index contributed by atoms with van der Waals surface area (Å²) in [6.07, 6.45) is 0. The molecule has 11 heteroatoms. The summed E-state index contributed by atoms with van der Waals surface area (Å²) in [5.41, 5.74) is 7.33. The number of ketones is 2. The van der Waals surface area contributed by atoms with E-state index in [2.05, 4.69) is 4.18 Å². The minimum Gasteiger partial charge on any atom is -0.507 e. The van der Waals surface area contributed by atoms with Crippen molar-refractivity contribution in [2.45, 2.75) is 6.54 Å². The molecule has 3 aromatic rings. The van der Waals surface area contributed by atoms with Crippen LogP contribution in [0.4, 0.5) is 5.69 Å². The van der Waals surface area contributed by atoms with Crippen LogP contribution in [-0.2, 0) is 21.1 Å². The zero-order valence-electron chi connectivity index (χ0n) is 19.0. The Morgan fingerprint density at radius 2 is 1.61 bits per heavy atom. The summed E-state index contributed by atoms with van der Waals surface area (Å²) in [5.74, 6) is -0.898. The summed E-state index contributed by atoms with van der Waals surface area (Å²) in [6, 6.07) is 14.7. The lowest BCUT2D eigenvalue weighted by molar-refractivity contribution is -0.814. The number of carbonyl (C=O) groups is 2. The highest BCUT2D eigenvalue weighted by Crippen LogP contribution is 2.42. The molecule has 36 heavy (non-hydrogen) atoms. The van der Waals surface area contributed by atoms with Crippen LogP contribution in [0, 0.1) is 0 Å². The molecular formula is C25H23N2O8S+. The first kappa shape index (κ1) is 23.9. The van der Waals surface area contributed by atoms with Crippen molar-refractivity contribution in [1.29, 1.82) is 0 Å². The highest BCUT2D eigenvalue weighted by atomic mass is 32.3. The normalized spacial score (nSPS) is 15.8. The molecule has 10 nitrogen and oxygen atoms in total. The molecule has 0 saturated carbocycles. The molecule has 0 atom stereocenters. The van der Waals surface area contributed by atoms with Crippen LogP contribution in [0.2, 0.25) is 0 Å². The molecule has 1 aliphatic heterocycles. The van der Waals surface area contributed by atoms with Gasteiger partial charge in [0.25, 0.3) is 0 Å². The molecule has 5 rings (SSSR count). The molecular weight excluding hydrogens is 488 g/mol. The van der Waals surface area contributed by atoms with Crippen LogP contribution in [0.3, 0.4) is 0 Å². The maximum absolute atomic E-state index is 13.1. The molecule has 0 spiro atoms. The quantitative estimate of drug-likeness (QED) is 0.107. The van der Waals surface area contributed by atoms with Crippen molar-refractivity contribution in [1.82, 2.24) is 0 Å². The molecule has 0 amide bonds. The van der Waals surface area contributed by atoms with Gasteiger partial charge in [0.15, 0.2) is 17.3 Å². The number of nitrogens with two attached hydrogens (primary N) is 1. The molecule has 2 aliphatic rings. The summed E-state index contributed by atoms with van der Waals surface area (Å²) >= 11 is 0.